The zero-order chi connectivity index (χ0) is 24.2. The molecule has 2 fully saturated rings. The van der Waals surface area contributed by atoms with Crippen LogP contribution in [0.3, 0.4) is 0 Å². The highest BCUT2D eigenvalue weighted by Gasteiger charge is 2.42. The number of nitrogens with zero attached hydrogens (tertiary/aromatic N) is 2. The van der Waals surface area contributed by atoms with Crippen molar-refractivity contribution in [2.75, 3.05) is 26.5 Å². The predicted octanol–water partition coefficient (Wildman–Crippen LogP) is 2.52. The third-order valence-electron chi connectivity index (χ3n) is 6.88. The van der Waals surface area contributed by atoms with Gasteiger partial charge in [0, 0.05) is 25.7 Å². The number of aliphatic hydroxyl groups is 1. The Balaban J connectivity index is 1.17. The van der Waals surface area contributed by atoms with Crippen LogP contribution in [0.4, 0.5) is 4.79 Å². The Hall–Kier alpha value is -3.46. The molecule has 0 spiro atoms. The summed E-state index contributed by atoms with van der Waals surface area (Å²) in [6.45, 7) is 1.77. The number of hydrogen-bond acceptors (Lipinski definition) is 6. The second kappa shape index (κ2) is 10.4. The van der Waals surface area contributed by atoms with Gasteiger partial charge >= 0.3 is 6.03 Å². The lowest BCUT2D eigenvalue weighted by Gasteiger charge is -2.33. The Morgan fingerprint density at radius 2 is 1.80 bits per heavy atom. The van der Waals surface area contributed by atoms with Crippen molar-refractivity contribution in [2.24, 2.45) is 0 Å². The van der Waals surface area contributed by atoms with E-state index >= 15 is 0 Å². The van der Waals surface area contributed by atoms with E-state index in [1.165, 1.54) is 0 Å². The Labute approximate surface area is 204 Å². The number of hydrogen-bond donors (Lipinski definition) is 2. The summed E-state index contributed by atoms with van der Waals surface area (Å²) < 4.78 is 16.5. The highest BCUT2D eigenvalue weighted by atomic mass is 16.7. The van der Waals surface area contributed by atoms with E-state index in [1.54, 1.807) is 28.0 Å². The molecule has 3 amide bonds. The molecule has 186 valence electrons. The molecule has 9 heteroatoms. The summed E-state index contributed by atoms with van der Waals surface area (Å²) in [6.07, 6.45) is 2.08. The van der Waals surface area contributed by atoms with Gasteiger partial charge in [-0.1, -0.05) is 30.3 Å². The van der Waals surface area contributed by atoms with E-state index in [2.05, 4.69) is 5.32 Å². The molecule has 0 aliphatic carbocycles. The van der Waals surface area contributed by atoms with Crippen molar-refractivity contribution in [3.8, 4) is 17.2 Å². The summed E-state index contributed by atoms with van der Waals surface area (Å²) in [6, 6.07) is 13.9. The first kappa shape index (κ1) is 23.3. The van der Waals surface area contributed by atoms with Crippen molar-refractivity contribution in [1.29, 1.82) is 0 Å². The Bertz CT molecular complexity index is 1050. The Morgan fingerprint density at radius 3 is 2.66 bits per heavy atom. The van der Waals surface area contributed by atoms with Crippen LogP contribution < -0.4 is 19.5 Å². The van der Waals surface area contributed by atoms with Crippen LogP contribution >= 0.6 is 0 Å². The Kier molecular flexibility index (Phi) is 6.94. The van der Waals surface area contributed by atoms with Crippen LogP contribution in [0, 0.1) is 0 Å². The first-order chi connectivity index (χ1) is 17.1. The smallest absolute Gasteiger partial charge is 0.318 e. The molecule has 2 aromatic rings. The van der Waals surface area contributed by atoms with Crippen molar-refractivity contribution in [2.45, 2.75) is 50.4 Å². The van der Waals surface area contributed by atoms with Crippen molar-refractivity contribution >= 4 is 11.9 Å². The average molecular weight is 482 g/mol. The number of carbonyl (C=O) groups is 2. The predicted molar refractivity (Wildman–Crippen MR) is 127 cm³/mol. The largest absolute Gasteiger partial charge is 0.491 e. The van der Waals surface area contributed by atoms with Crippen LogP contribution in [0.5, 0.6) is 17.2 Å². The van der Waals surface area contributed by atoms with Gasteiger partial charge in [0.25, 0.3) is 0 Å². The molecule has 0 saturated carbocycles. The monoisotopic (exact) mass is 481 g/mol. The van der Waals surface area contributed by atoms with Crippen LogP contribution in [0.2, 0.25) is 0 Å². The number of urea groups is 1. The highest BCUT2D eigenvalue weighted by Crippen LogP contribution is 2.35. The molecule has 3 aliphatic rings. The lowest BCUT2D eigenvalue weighted by atomic mass is 10.1. The Morgan fingerprint density at radius 1 is 1.03 bits per heavy atom. The third kappa shape index (κ3) is 5.14. The normalized spacial score (nSPS) is 21.7. The number of nitrogens with one attached hydrogen (secondary N) is 1. The van der Waals surface area contributed by atoms with Crippen LogP contribution in [-0.4, -0.2) is 71.5 Å². The molecule has 0 radical (unpaired) electrons. The first-order valence-electron chi connectivity index (χ1n) is 12.2. The lowest BCUT2D eigenvalue weighted by Crippen LogP contribution is -2.54. The third-order valence-corrected chi connectivity index (χ3v) is 6.88. The highest BCUT2D eigenvalue weighted by molar-refractivity contribution is 5.88. The van der Waals surface area contributed by atoms with E-state index in [0.717, 1.165) is 18.4 Å². The summed E-state index contributed by atoms with van der Waals surface area (Å²) in [4.78, 5) is 29.7. The maximum atomic E-state index is 13.5. The standard InChI is InChI=1S/C26H31N3O6/c30-22(16-33-19-10-11-23-24(14-19)35-17-34-23)20-8-4-12-28(20)25(31)21-9-5-13-29(21)26(32)27-15-18-6-2-1-3-7-18/h1-3,6-7,10-11,14,20-22,30H,4-5,8-9,12-13,15-17H2,(H,27,32)/t20-,21-,22?/m0/s1. The molecular weight excluding hydrogens is 450 g/mol. The van der Waals surface area contributed by atoms with Crippen LogP contribution in [0.15, 0.2) is 48.5 Å². The number of benzene rings is 2. The number of aliphatic hydroxyl groups excluding tert-OH is 1. The number of carbonyl (C=O) groups excluding carboxylic acids is 2. The van der Waals surface area contributed by atoms with Crippen molar-refractivity contribution in [1.82, 2.24) is 15.1 Å². The fourth-order valence-electron chi connectivity index (χ4n) is 5.06. The molecule has 0 aromatic heterocycles. The minimum Gasteiger partial charge on any atom is -0.491 e. The molecule has 35 heavy (non-hydrogen) atoms. The van der Waals surface area contributed by atoms with Gasteiger partial charge < -0.3 is 34.4 Å². The van der Waals surface area contributed by atoms with Crippen molar-refractivity contribution in [3.63, 3.8) is 0 Å². The summed E-state index contributed by atoms with van der Waals surface area (Å²) in [5.74, 6) is 1.75. The molecule has 9 nitrogen and oxygen atoms in total. The maximum Gasteiger partial charge on any atom is 0.318 e. The SMILES string of the molecule is O=C(NCc1ccccc1)N1CCC[C@H]1C(=O)N1CCC[C@H]1C(O)COc1ccc2c(c1)OCO2. The summed E-state index contributed by atoms with van der Waals surface area (Å²) in [5.41, 5.74) is 1.01. The maximum absolute atomic E-state index is 13.5. The molecule has 3 heterocycles. The number of fused-ring (bicyclic) bond motifs is 1. The molecule has 2 aromatic carbocycles. The number of ether oxygens (including phenoxy) is 3. The molecule has 3 atom stereocenters. The zero-order valence-corrected chi connectivity index (χ0v) is 19.6. The van der Waals surface area contributed by atoms with Gasteiger partial charge in [0.2, 0.25) is 12.7 Å². The fourth-order valence-corrected chi connectivity index (χ4v) is 5.06. The van der Waals surface area contributed by atoms with Crippen molar-refractivity contribution < 1.29 is 28.9 Å². The van der Waals surface area contributed by atoms with E-state index in [9.17, 15) is 14.7 Å². The van der Waals surface area contributed by atoms with Gasteiger partial charge in [-0.15, -0.1) is 0 Å². The van der Waals surface area contributed by atoms with Crippen LogP contribution in [0.25, 0.3) is 0 Å². The van der Waals surface area contributed by atoms with Gasteiger partial charge in [-0.05, 0) is 43.4 Å². The van der Waals surface area contributed by atoms with Gasteiger partial charge in [0.15, 0.2) is 11.5 Å². The van der Waals surface area contributed by atoms with Gasteiger partial charge in [-0.25, -0.2) is 4.79 Å². The van der Waals surface area contributed by atoms with E-state index in [0.29, 0.717) is 49.7 Å². The molecule has 1 unspecified atom stereocenters. The van der Waals surface area contributed by atoms with Gasteiger partial charge in [-0.3, -0.25) is 4.79 Å². The second-order valence-corrected chi connectivity index (χ2v) is 9.13. The molecule has 2 N–H and O–H groups in total. The van der Waals surface area contributed by atoms with Gasteiger partial charge in [0.05, 0.1) is 6.04 Å². The number of likely N-dealkylation sites (tertiary alicyclic amines) is 2. The quantitative estimate of drug-likeness (QED) is 0.630. The summed E-state index contributed by atoms with van der Waals surface area (Å²) in [5, 5.41) is 13.8. The van der Waals surface area contributed by atoms with E-state index < -0.39 is 12.1 Å². The number of rotatable bonds is 7. The van der Waals surface area contributed by atoms with E-state index in [4.69, 9.17) is 14.2 Å². The first-order valence-corrected chi connectivity index (χ1v) is 12.2. The fraction of sp³-hybridized carbons (Fsp3) is 0.462. The minimum atomic E-state index is -0.839. The molecule has 5 rings (SSSR count). The molecular formula is C26H31N3O6. The lowest BCUT2D eigenvalue weighted by molar-refractivity contribution is -0.138. The van der Waals surface area contributed by atoms with Gasteiger partial charge in [-0.2, -0.15) is 0 Å². The second-order valence-electron chi connectivity index (χ2n) is 9.13. The summed E-state index contributed by atoms with van der Waals surface area (Å²) >= 11 is 0. The number of amides is 3. The summed E-state index contributed by atoms with van der Waals surface area (Å²) in [7, 11) is 0. The average Bonchev–Trinajstić information content (AvgIpc) is 3.66. The molecule has 0 bridgehead atoms. The van der Waals surface area contributed by atoms with Crippen LogP contribution in [0.1, 0.15) is 31.2 Å². The zero-order valence-electron chi connectivity index (χ0n) is 19.6. The minimum absolute atomic E-state index is 0.0556. The molecule has 3 aliphatic heterocycles. The van der Waals surface area contributed by atoms with Gasteiger partial charge in [0.1, 0.15) is 24.5 Å². The van der Waals surface area contributed by atoms with E-state index in [-0.39, 0.29) is 31.4 Å². The molecule has 2 saturated heterocycles. The topological polar surface area (TPSA) is 101 Å². The van der Waals surface area contributed by atoms with E-state index in [1.807, 2.05) is 30.3 Å². The van der Waals surface area contributed by atoms with Crippen LogP contribution in [-0.2, 0) is 11.3 Å². The van der Waals surface area contributed by atoms with Crippen molar-refractivity contribution in [3.05, 3.63) is 54.1 Å².